The zero-order valence-electron chi connectivity index (χ0n) is 14.5. The first-order valence-electron chi connectivity index (χ1n) is 8.34. The van der Waals surface area contributed by atoms with Gasteiger partial charge in [-0.1, -0.05) is 17.7 Å². The predicted molar refractivity (Wildman–Crippen MR) is 95.5 cm³/mol. The van der Waals surface area contributed by atoms with Crippen molar-refractivity contribution in [2.75, 3.05) is 16.8 Å². The van der Waals surface area contributed by atoms with E-state index >= 15 is 0 Å². The Morgan fingerprint density at radius 3 is 2.30 bits per heavy atom. The Kier molecular flexibility index (Phi) is 5.07. The van der Waals surface area contributed by atoms with E-state index in [9.17, 15) is 22.8 Å². The zero-order chi connectivity index (χ0) is 19.6. The largest absolute Gasteiger partial charge is 0.416 e. The number of urea groups is 1. The van der Waals surface area contributed by atoms with Gasteiger partial charge >= 0.3 is 12.2 Å². The van der Waals surface area contributed by atoms with Crippen LogP contribution in [0.3, 0.4) is 0 Å². The van der Waals surface area contributed by atoms with E-state index in [0.29, 0.717) is 6.54 Å². The minimum Gasteiger partial charge on any atom is -0.333 e. The van der Waals surface area contributed by atoms with E-state index in [-0.39, 0.29) is 24.1 Å². The summed E-state index contributed by atoms with van der Waals surface area (Å²) < 4.78 is 37.7. The number of alkyl halides is 3. The van der Waals surface area contributed by atoms with E-state index in [2.05, 4.69) is 10.6 Å². The molecule has 1 aliphatic rings. The van der Waals surface area contributed by atoms with Crippen LogP contribution in [0.2, 0.25) is 0 Å². The van der Waals surface area contributed by atoms with Crippen LogP contribution in [-0.2, 0) is 11.0 Å². The molecule has 0 saturated carbocycles. The molecule has 5 nitrogen and oxygen atoms in total. The van der Waals surface area contributed by atoms with E-state index in [1.807, 2.05) is 31.2 Å². The highest BCUT2D eigenvalue weighted by molar-refractivity contribution is 5.97. The third-order valence-corrected chi connectivity index (χ3v) is 4.28. The summed E-state index contributed by atoms with van der Waals surface area (Å²) in [5, 5.41) is 5.16. The quantitative estimate of drug-likeness (QED) is 0.851. The number of carbonyl (C=O) groups is 2. The topological polar surface area (TPSA) is 61.4 Å². The van der Waals surface area contributed by atoms with Crippen molar-refractivity contribution in [1.82, 2.24) is 5.32 Å². The normalized spacial score (nSPS) is 17.1. The van der Waals surface area contributed by atoms with Gasteiger partial charge in [-0.3, -0.25) is 4.79 Å². The summed E-state index contributed by atoms with van der Waals surface area (Å²) in [6, 6.07) is 10.7. The molecule has 8 heteroatoms. The maximum absolute atomic E-state index is 12.6. The fraction of sp³-hybridized carbons (Fsp3) is 0.263. The molecule has 0 radical (unpaired) electrons. The lowest BCUT2D eigenvalue weighted by Crippen LogP contribution is -2.39. The van der Waals surface area contributed by atoms with Gasteiger partial charge in [-0.15, -0.1) is 0 Å². The van der Waals surface area contributed by atoms with Gasteiger partial charge in [-0.05, 0) is 43.3 Å². The van der Waals surface area contributed by atoms with Crippen molar-refractivity contribution >= 4 is 23.3 Å². The highest BCUT2D eigenvalue weighted by Crippen LogP contribution is 2.29. The molecule has 2 aromatic rings. The van der Waals surface area contributed by atoms with Crippen molar-refractivity contribution in [3.63, 3.8) is 0 Å². The first kappa shape index (κ1) is 18.8. The molecule has 0 aromatic heterocycles. The Morgan fingerprint density at radius 1 is 1.07 bits per heavy atom. The van der Waals surface area contributed by atoms with Crippen molar-refractivity contribution < 1.29 is 22.8 Å². The van der Waals surface area contributed by atoms with E-state index in [4.69, 9.17) is 0 Å². The lowest BCUT2D eigenvalue weighted by Gasteiger charge is -2.17. The Morgan fingerprint density at radius 2 is 1.70 bits per heavy atom. The van der Waals surface area contributed by atoms with Gasteiger partial charge in [-0.25, -0.2) is 4.79 Å². The molecule has 1 fully saturated rings. The number of nitrogens with one attached hydrogen (secondary N) is 2. The molecule has 0 aliphatic carbocycles. The SMILES string of the molecule is Cc1ccc(N2C[C@@H](NC(=O)Nc3ccc(C(F)(F)F)cc3)CC2=O)cc1. The third-order valence-electron chi connectivity index (χ3n) is 4.28. The Balaban J connectivity index is 1.57. The summed E-state index contributed by atoms with van der Waals surface area (Å²) >= 11 is 0. The lowest BCUT2D eigenvalue weighted by atomic mass is 10.2. The highest BCUT2D eigenvalue weighted by Gasteiger charge is 2.32. The van der Waals surface area contributed by atoms with Crippen LogP contribution < -0.4 is 15.5 Å². The van der Waals surface area contributed by atoms with E-state index in [1.54, 1.807) is 4.90 Å². The number of rotatable bonds is 3. The molecule has 0 unspecified atom stereocenters. The summed E-state index contributed by atoms with van der Waals surface area (Å²) in [5.74, 6) is -0.0984. The van der Waals surface area contributed by atoms with Gasteiger partial charge in [0.1, 0.15) is 0 Å². The predicted octanol–water partition coefficient (Wildman–Crippen LogP) is 3.94. The molecule has 1 saturated heterocycles. The molecule has 1 aliphatic heterocycles. The second kappa shape index (κ2) is 7.30. The summed E-state index contributed by atoms with van der Waals surface area (Å²) in [5.41, 5.74) is 1.29. The summed E-state index contributed by atoms with van der Waals surface area (Å²) in [6.45, 7) is 2.29. The first-order chi connectivity index (χ1) is 12.7. The second-order valence-electron chi connectivity index (χ2n) is 6.41. The molecule has 0 spiro atoms. The minimum absolute atomic E-state index is 0.0984. The molecule has 1 heterocycles. The van der Waals surface area contributed by atoms with Crippen molar-refractivity contribution in [2.45, 2.75) is 25.6 Å². The number of hydrogen-bond acceptors (Lipinski definition) is 2. The fourth-order valence-electron chi connectivity index (χ4n) is 2.87. The lowest BCUT2D eigenvalue weighted by molar-refractivity contribution is -0.137. The average molecular weight is 377 g/mol. The van der Waals surface area contributed by atoms with Crippen LogP contribution in [0, 0.1) is 6.92 Å². The maximum atomic E-state index is 12.6. The van der Waals surface area contributed by atoms with Crippen LogP contribution >= 0.6 is 0 Å². The average Bonchev–Trinajstić information content (AvgIpc) is 2.95. The highest BCUT2D eigenvalue weighted by atomic mass is 19.4. The van der Waals surface area contributed by atoms with Crippen LogP contribution in [0.25, 0.3) is 0 Å². The molecule has 27 heavy (non-hydrogen) atoms. The summed E-state index contributed by atoms with van der Waals surface area (Å²) in [4.78, 5) is 25.9. The van der Waals surface area contributed by atoms with Gasteiger partial charge < -0.3 is 15.5 Å². The smallest absolute Gasteiger partial charge is 0.333 e. The molecule has 1 atom stereocenters. The minimum atomic E-state index is -4.43. The van der Waals surface area contributed by atoms with Crippen molar-refractivity contribution in [3.05, 3.63) is 59.7 Å². The van der Waals surface area contributed by atoms with E-state index < -0.39 is 17.8 Å². The molecule has 142 valence electrons. The number of anilines is 2. The maximum Gasteiger partial charge on any atom is 0.416 e. The van der Waals surface area contributed by atoms with Gasteiger partial charge in [0.15, 0.2) is 0 Å². The van der Waals surface area contributed by atoms with Gasteiger partial charge in [-0.2, -0.15) is 13.2 Å². The molecule has 0 bridgehead atoms. The second-order valence-corrected chi connectivity index (χ2v) is 6.41. The zero-order valence-corrected chi connectivity index (χ0v) is 14.5. The Bertz CT molecular complexity index is 833. The Hall–Kier alpha value is -3.03. The van der Waals surface area contributed by atoms with Crippen LogP contribution in [0.15, 0.2) is 48.5 Å². The van der Waals surface area contributed by atoms with E-state index in [0.717, 1.165) is 23.4 Å². The van der Waals surface area contributed by atoms with Crippen LogP contribution in [0.4, 0.5) is 29.3 Å². The Labute approximate surface area is 154 Å². The number of amides is 3. The number of carbonyl (C=O) groups excluding carboxylic acids is 2. The van der Waals surface area contributed by atoms with Gasteiger partial charge in [0.05, 0.1) is 11.6 Å². The van der Waals surface area contributed by atoms with Crippen LogP contribution in [-0.4, -0.2) is 24.5 Å². The molecular formula is C19H18F3N3O2. The van der Waals surface area contributed by atoms with Gasteiger partial charge in [0.2, 0.25) is 5.91 Å². The molecule has 2 N–H and O–H groups in total. The van der Waals surface area contributed by atoms with Crippen molar-refractivity contribution in [1.29, 1.82) is 0 Å². The third kappa shape index (κ3) is 4.58. The number of nitrogens with zero attached hydrogens (tertiary/aromatic N) is 1. The van der Waals surface area contributed by atoms with Gasteiger partial charge in [0.25, 0.3) is 0 Å². The molecule has 3 amide bonds. The van der Waals surface area contributed by atoms with Gasteiger partial charge in [0, 0.05) is 24.3 Å². The van der Waals surface area contributed by atoms with Crippen molar-refractivity contribution in [2.24, 2.45) is 0 Å². The van der Waals surface area contributed by atoms with Crippen LogP contribution in [0.1, 0.15) is 17.5 Å². The van der Waals surface area contributed by atoms with E-state index in [1.165, 1.54) is 12.1 Å². The number of aryl methyl sites for hydroxylation is 1. The summed E-state index contributed by atoms with van der Waals surface area (Å²) in [7, 11) is 0. The molecular weight excluding hydrogens is 359 g/mol. The standard InChI is InChI=1S/C19H18F3N3O2/c1-12-2-8-16(9-3-12)25-11-15(10-17(25)26)24-18(27)23-14-6-4-13(5-7-14)19(20,21)22/h2-9,15H,10-11H2,1H3,(H2,23,24,27)/t15-/m0/s1. The first-order valence-corrected chi connectivity index (χ1v) is 8.34. The molecule has 2 aromatic carbocycles. The fourth-order valence-corrected chi connectivity index (χ4v) is 2.87. The number of halogens is 3. The number of benzene rings is 2. The molecule has 3 rings (SSSR count). The summed E-state index contributed by atoms with van der Waals surface area (Å²) in [6.07, 6.45) is -4.27. The van der Waals surface area contributed by atoms with Crippen molar-refractivity contribution in [3.8, 4) is 0 Å². The monoisotopic (exact) mass is 377 g/mol. The van der Waals surface area contributed by atoms with Crippen LogP contribution in [0.5, 0.6) is 0 Å². The number of hydrogen-bond donors (Lipinski definition) is 2.